The number of nitrogens with one attached hydrogen (secondary N) is 1. The minimum Gasteiger partial charge on any atom is -0.486 e. The summed E-state index contributed by atoms with van der Waals surface area (Å²) >= 11 is 0. The molecule has 1 saturated heterocycles. The van der Waals surface area contributed by atoms with Gasteiger partial charge >= 0.3 is 0 Å². The largest absolute Gasteiger partial charge is 0.486 e. The average molecular weight is 192 g/mol. The normalized spacial score (nSPS) is 15.7. The first-order valence-electron chi connectivity index (χ1n) is 4.36. The summed E-state index contributed by atoms with van der Waals surface area (Å²) in [7, 11) is 0. The lowest BCUT2D eigenvalue weighted by atomic mass is 10.2. The fourth-order valence-electron chi connectivity index (χ4n) is 1.22. The van der Waals surface area contributed by atoms with Crippen LogP contribution in [0, 0.1) is 17.1 Å². The average Bonchev–Trinajstić information content (AvgIpc) is 2.13. The highest BCUT2D eigenvalue weighted by Crippen LogP contribution is 2.20. The number of ether oxygens (including phenoxy) is 1. The molecule has 0 atom stereocenters. The van der Waals surface area contributed by atoms with E-state index in [1.807, 2.05) is 6.07 Å². The highest BCUT2D eigenvalue weighted by Gasteiger charge is 2.19. The lowest BCUT2D eigenvalue weighted by Crippen LogP contribution is -2.50. The fourth-order valence-corrected chi connectivity index (χ4v) is 1.22. The maximum absolute atomic E-state index is 12.7. The van der Waals surface area contributed by atoms with Crippen LogP contribution in [-0.4, -0.2) is 19.2 Å². The van der Waals surface area contributed by atoms with Crippen LogP contribution in [0.3, 0.4) is 0 Å². The lowest BCUT2D eigenvalue weighted by molar-refractivity contribution is 0.141. The third-order valence-corrected chi connectivity index (χ3v) is 2.10. The Labute approximate surface area is 81.1 Å². The zero-order valence-corrected chi connectivity index (χ0v) is 7.46. The van der Waals surface area contributed by atoms with Crippen molar-refractivity contribution >= 4 is 0 Å². The second-order valence-electron chi connectivity index (χ2n) is 3.15. The molecule has 72 valence electrons. The second-order valence-corrected chi connectivity index (χ2v) is 3.15. The Bertz CT molecular complexity index is 382. The van der Waals surface area contributed by atoms with Crippen LogP contribution in [0.1, 0.15) is 5.56 Å². The maximum Gasteiger partial charge on any atom is 0.137 e. The molecule has 0 spiro atoms. The first kappa shape index (κ1) is 8.97. The number of hydrogen-bond acceptors (Lipinski definition) is 3. The van der Waals surface area contributed by atoms with Gasteiger partial charge in [0.05, 0.1) is 5.56 Å². The van der Waals surface area contributed by atoms with Crippen LogP contribution in [0.15, 0.2) is 18.2 Å². The molecular weight excluding hydrogens is 183 g/mol. The summed E-state index contributed by atoms with van der Waals surface area (Å²) in [4.78, 5) is 0. The van der Waals surface area contributed by atoms with Gasteiger partial charge in [-0.25, -0.2) is 4.39 Å². The number of hydrogen-bond donors (Lipinski definition) is 1. The molecule has 0 bridgehead atoms. The van der Waals surface area contributed by atoms with Crippen molar-refractivity contribution in [1.82, 2.24) is 5.32 Å². The molecule has 0 aromatic heterocycles. The zero-order valence-electron chi connectivity index (χ0n) is 7.46. The smallest absolute Gasteiger partial charge is 0.137 e. The van der Waals surface area contributed by atoms with E-state index in [0.29, 0.717) is 5.75 Å². The summed E-state index contributed by atoms with van der Waals surface area (Å²) in [5.41, 5.74) is 0.247. The minimum atomic E-state index is -0.416. The minimum absolute atomic E-state index is 0.104. The fraction of sp³-hybridized carbons (Fsp3) is 0.300. The van der Waals surface area contributed by atoms with Crippen molar-refractivity contribution in [3.63, 3.8) is 0 Å². The van der Waals surface area contributed by atoms with Gasteiger partial charge in [-0.05, 0) is 18.2 Å². The number of rotatable bonds is 2. The van der Waals surface area contributed by atoms with Crippen molar-refractivity contribution in [1.29, 1.82) is 5.26 Å². The van der Waals surface area contributed by atoms with E-state index in [0.717, 1.165) is 13.1 Å². The van der Waals surface area contributed by atoms with Gasteiger partial charge < -0.3 is 10.1 Å². The highest BCUT2D eigenvalue weighted by atomic mass is 19.1. The van der Waals surface area contributed by atoms with Crippen molar-refractivity contribution < 1.29 is 9.13 Å². The molecule has 1 aromatic rings. The molecule has 3 nitrogen and oxygen atoms in total. The van der Waals surface area contributed by atoms with E-state index in [9.17, 15) is 4.39 Å². The van der Waals surface area contributed by atoms with Crippen LogP contribution in [0.4, 0.5) is 4.39 Å². The third kappa shape index (κ3) is 1.68. The predicted octanol–water partition coefficient (Wildman–Crippen LogP) is 1.05. The van der Waals surface area contributed by atoms with E-state index in [1.165, 1.54) is 18.2 Å². The van der Waals surface area contributed by atoms with E-state index in [-0.39, 0.29) is 11.7 Å². The van der Waals surface area contributed by atoms with Crippen molar-refractivity contribution in [2.24, 2.45) is 0 Å². The Kier molecular flexibility index (Phi) is 2.33. The molecule has 1 fully saturated rings. The van der Waals surface area contributed by atoms with Gasteiger partial charge in [-0.2, -0.15) is 5.26 Å². The Morgan fingerprint density at radius 3 is 2.86 bits per heavy atom. The van der Waals surface area contributed by atoms with Crippen molar-refractivity contribution in [2.45, 2.75) is 6.10 Å². The van der Waals surface area contributed by atoms with Crippen molar-refractivity contribution in [2.75, 3.05) is 13.1 Å². The molecule has 1 N–H and O–H groups in total. The number of nitriles is 1. The topological polar surface area (TPSA) is 45.0 Å². The molecule has 1 aliphatic heterocycles. The summed E-state index contributed by atoms with van der Waals surface area (Å²) < 4.78 is 18.2. The van der Waals surface area contributed by atoms with Gasteiger partial charge in [-0.1, -0.05) is 0 Å². The van der Waals surface area contributed by atoms with E-state index in [1.54, 1.807) is 0 Å². The molecule has 2 rings (SSSR count). The Balaban J connectivity index is 2.19. The molecule has 0 unspecified atom stereocenters. The van der Waals surface area contributed by atoms with Crippen LogP contribution < -0.4 is 10.1 Å². The van der Waals surface area contributed by atoms with Crippen molar-refractivity contribution in [3.05, 3.63) is 29.6 Å². The molecule has 0 radical (unpaired) electrons. The van der Waals surface area contributed by atoms with Gasteiger partial charge in [0.1, 0.15) is 23.7 Å². The lowest BCUT2D eigenvalue weighted by Gasteiger charge is -2.28. The van der Waals surface area contributed by atoms with E-state index in [4.69, 9.17) is 10.00 Å². The van der Waals surface area contributed by atoms with E-state index < -0.39 is 5.82 Å². The first-order chi connectivity index (χ1) is 6.79. The van der Waals surface area contributed by atoms with Gasteiger partial charge in [0.2, 0.25) is 0 Å². The molecule has 1 aliphatic rings. The van der Waals surface area contributed by atoms with Crippen LogP contribution in [0.2, 0.25) is 0 Å². The Hall–Kier alpha value is -1.60. The molecule has 4 heteroatoms. The summed E-state index contributed by atoms with van der Waals surface area (Å²) in [5, 5.41) is 11.8. The number of benzene rings is 1. The second kappa shape index (κ2) is 3.64. The summed E-state index contributed by atoms with van der Waals surface area (Å²) in [5.74, 6) is 0.0426. The standard InChI is InChI=1S/C10H9FN2O/c11-8-1-2-10(7(3-8)4-12)14-9-5-13-6-9/h1-3,9,13H,5-6H2. The zero-order chi connectivity index (χ0) is 9.97. The van der Waals surface area contributed by atoms with E-state index in [2.05, 4.69) is 5.32 Å². The maximum atomic E-state index is 12.7. The Morgan fingerprint density at radius 2 is 2.29 bits per heavy atom. The third-order valence-electron chi connectivity index (χ3n) is 2.10. The van der Waals surface area contributed by atoms with Gasteiger partial charge in [0.15, 0.2) is 0 Å². The first-order valence-corrected chi connectivity index (χ1v) is 4.36. The quantitative estimate of drug-likeness (QED) is 0.761. The van der Waals surface area contributed by atoms with Crippen LogP contribution in [-0.2, 0) is 0 Å². The van der Waals surface area contributed by atoms with Gasteiger partial charge in [0.25, 0.3) is 0 Å². The number of nitrogens with zero attached hydrogens (tertiary/aromatic N) is 1. The molecule has 0 saturated carbocycles. The summed E-state index contributed by atoms with van der Waals surface area (Å²) in [6.07, 6.45) is 0.104. The molecule has 14 heavy (non-hydrogen) atoms. The SMILES string of the molecule is N#Cc1cc(F)ccc1OC1CNC1. The van der Waals surface area contributed by atoms with Crippen LogP contribution in [0.25, 0.3) is 0 Å². The monoisotopic (exact) mass is 192 g/mol. The molecule has 0 aliphatic carbocycles. The summed E-state index contributed by atoms with van der Waals surface area (Å²) in [6, 6.07) is 5.87. The molecule has 0 amide bonds. The van der Waals surface area contributed by atoms with Gasteiger partial charge in [0, 0.05) is 13.1 Å². The summed E-state index contributed by atoms with van der Waals surface area (Å²) in [6.45, 7) is 1.56. The van der Waals surface area contributed by atoms with Crippen LogP contribution in [0.5, 0.6) is 5.75 Å². The highest BCUT2D eigenvalue weighted by molar-refractivity contribution is 5.43. The van der Waals surface area contributed by atoms with Crippen molar-refractivity contribution in [3.8, 4) is 11.8 Å². The predicted molar refractivity (Wildman–Crippen MR) is 48.4 cm³/mol. The van der Waals surface area contributed by atoms with Gasteiger partial charge in [-0.3, -0.25) is 0 Å². The van der Waals surface area contributed by atoms with Gasteiger partial charge in [-0.15, -0.1) is 0 Å². The van der Waals surface area contributed by atoms with E-state index >= 15 is 0 Å². The molecular formula is C10H9FN2O. The Morgan fingerprint density at radius 1 is 1.50 bits per heavy atom. The molecule has 1 aromatic carbocycles. The number of halogens is 1. The van der Waals surface area contributed by atoms with Crippen LogP contribution >= 0.6 is 0 Å². The molecule has 1 heterocycles.